The first kappa shape index (κ1) is 12.4. The predicted molar refractivity (Wildman–Crippen MR) is 70.4 cm³/mol. The summed E-state index contributed by atoms with van der Waals surface area (Å²) in [6.45, 7) is 8.21. The zero-order chi connectivity index (χ0) is 12.3. The van der Waals surface area contributed by atoms with Crippen molar-refractivity contribution in [3.05, 3.63) is 24.0 Å². The van der Waals surface area contributed by atoms with Gasteiger partial charge in [0, 0.05) is 19.3 Å². The van der Waals surface area contributed by atoms with Crippen molar-refractivity contribution in [3.8, 4) is 0 Å². The Morgan fingerprint density at radius 2 is 1.88 bits per heavy atom. The van der Waals surface area contributed by atoms with Crippen molar-refractivity contribution in [3.63, 3.8) is 0 Å². The molecule has 2 unspecified atom stereocenters. The molecular formula is C14H22N2O. The van der Waals surface area contributed by atoms with Crippen LogP contribution in [0.1, 0.15) is 32.3 Å². The third kappa shape index (κ3) is 2.60. The largest absolute Gasteiger partial charge is 0.371 e. The summed E-state index contributed by atoms with van der Waals surface area (Å²) in [6.07, 6.45) is 7.17. The fraction of sp³-hybridized carbons (Fsp3) is 0.643. The van der Waals surface area contributed by atoms with E-state index in [1.54, 1.807) is 0 Å². The van der Waals surface area contributed by atoms with Gasteiger partial charge >= 0.3 is 0 Å². The van der Waals surface area contributed by atoms with Gasteiger partial charge in [-0.3, -0.25) is 4.98 Å². The highest BCUT2D eigenvalue weighted by Gasteiger charge is 2.34. The molecule has 0 N–H and O–H groups in total. The summed E-state index contributed by atoms with van der Waals surface area (Å²) in [6, 6.07) is 2.08. The van der Waals surface area contributed by atoms with Gasteiger partial charge in [-0.2, -0.15) is 0 Å². The average molecular weight is 234 g/mol. The molecule has 2 fully saturated rings. The smallest absolute Gasteiger partial charge is 0.0755 e. The number of rotatable bonds is 1. The molecule has 0 spiro atoms. The Bertz CT molecular complexity index is 355. The maximum atomic E-state index is 5.83. The van der Waals surface area contributed by atoms with E-state index < -0.39 is 0 Å². The molecule has 2 bridgehead atoms. The number of aryl methyl sites for hydroxylation is 1. The van der Waals surface area contributed by atoms with Crippen LogP contribution in [0.2, 0.25) is 0 Å². The fourth-order valence-electron chi connectivity index (χ4n) is 2.60. The third-order valence-electron chi connectivity index (χ3n) is 3.40. The highest BCUT2D eigenvalue weighted by atomic mass is 16.5. The number of anilines is 1. The number of ether oxygens (including phenoxy) is 1. The lowest BCUT2D eigenvalue weighted by Crippen LogP contribution is -2.42. The van der Waals surface area contributed by atoms with Gasteiger partial charge < -0.3 is 9.64 Å². The van der Waals surface area contributed by atoms with E-state index >= 15 is 0 Å². The summed E-state index contributed by atoms with van der Waals surface area (Å²) in [7, 11) is 0. The van der Waals surface area contributed by atoms with E-state index in [2.05, 4.69) is 22.9 Å². The summed E-state index contributed by atoms with van der Waals surface area (Å²) in [5, 5.41) is 0. The maximum absolute atomic E-state index is 5.83. The second-order valence-electron chi connectivity index (χ2n) is 4.52. The standard InChI is InChI=1S/C12H16N2O.C2H6/c1-9-4-5-13-6-12(9)14-7-10-2-3-11(8-14)15-10;1-2/h4-6,10-11H,2-3,7-8H2,1H3;1-2H3. The van der Waals surface area contributed by atoms with Crippen LogP contribution in [-0.2, 0) is 4.74 Å². The van der Waals surface area contributed by atoms with Gasteiger partial charge in [0.2, 0.25) is 0 Å². The highest BCUT2D eigenvalue weighted by Crippen LogP contribution is 2.30. The molecule has 3 heteroatoms. The van der Waals surface area contributed by atoms with E-state index in [1.165, 1.54) is 24.1 Å². The molecule has 2 saturated heterocycles. The topological polar surface area (TPSA) is 25.4 Å². The number of fused-ring (bicyclic) bond motifs is 2. The van der Waals surface area contributed by atoms with Gasteiger partial charge in [0.1, 0.15) is 0 Å². The van der Waals surface area contributed by atoms with Crippen LogP contribution in [0.5, 0.6) is 0 Å². The molecule has 0 saturated carbocycles. The number of hydrogen-bond donors (Lipinski definition) is 0. The Balaban J connectivity index is 0.000000514. The fourth-order valence-corrected chi connectivity index (χ4v) is 2.60. The molecule has 0 aliphatic carbocycles. The maximum Gasteiger partial charge on any atom is 0.0755 e. The number of nitrogens with zero attached hydrogens (tertiary/aromatic N) is 2. The van der Waals surface area contributed by atoms with Crippen molar-refractivity contribution in [2.45, 2.75) is 45.8 Å². The van der Waals surface area contributed by atoms with Crippen LogP contribution in [-0.4, -0.2) is 30.3 Å². The van der Waals surface area contributed by atoms with Crippen LogP contribution in [0.15, 0.2) is 18.5 Å². The second-order valence-corrected chi connectivity index (χ2v) is 4.52. The highest BCUT2D eigenvalue weighted by molar-refractivity contribution is 5.51. The molecule has 2 aliphatic rings. The van der Waals surface area contributed by atoms with Crippen molar-refractivity contribution >= 4 is 5.69 Å². The van der Waals surface area contributed by atoms with Crippen LogP contribution in [0.3, 0.4) is 0 Å². The lowest BCUT2D eigenvalue weighted by Gasteiger charge is -2.34. The van der Waals surface area contributed by atoms with Gasteiger partial charge in [0.15, 0.2) is 0 Å². The molecular weight excluding hydrogens is 212 g/mol. The molecule has 17 heavy (non-hydrogen) atoms. The molecule has 1 aromatic rings. The third-order valence-corrected chi connectivity index (χ3v) is 3.40. The Morgan fingerprint density at radius 1 is 1.24 bits per heavy atom. The lowest BCUT2D eigenvalue weighted by molar-refractivity contribution is 0.0304. The molecule has 3 heterocycles. The van der Waals surface area contributed by atoms with Crippen molar-refractivity contribution in [2.75, 3.05) is 18.0 Å². The monoisotopic (exact) mass is 234 g/mol. The van der Waals surface area contributed by atoms with Gasteiger partial charge in [-0.25, -0.2) is 0 Å². The normalized spacial score (nSPS) is 26.4. The van der Waals surface area contributed by atoms with Gasteiger partial charge in [-0.05, 0) is 31.4 Å². The first-order valence-corrected chi connectivity index (χ1v) is 6.64. The van der Waals surface area contributed by atoms with Gasteiger partial charge in [0.05, 0.1) is 24.1 Å². The van der Waals surface area contributed by atoms with Crippen molar-refractivity contribution in [1.29, 1.82) is 0 Å². The number of hydrogen-bond acceptors (Lipinski definition) is 3. The average Bonchev–Trinajstić information content (AvgIpc) is 2.71. The molecule has 2 atom stereocenters. The molecule has 3 nitrogen and oxygen atoms in total. The van der Waals surface area contributed by atoms with E-state index in [-0.39, 0.29) is 0 Å². The molecule has 0 radical (unpaired) electrons. The summed E-state index contributed by atoms with van der Waals surface area (Å²) in [5.74, 6) is 0. The minimum atomic E-state index is 0.448. The summed E-state index contributed by atoms with van der Waals surface area (Å²) >= 11 is 0. The van der Waals surface area contributed by atoms with Crippen molar-refractivity contribution in [1.82, 2.24) is 4.98 Å². The molecule has 3 rings (SSSR count). The second kappa shape index (κ2) is 5.50. The molecule has 0 aromatic carbocycles. The van der Waals surface area contributed by atoms with Crippen LogP contribution in [0.4, 0.5) is 5.69 Å². The van der Waals surface area contributed by atoms with Crippen LogP contribution in [0.25, 0.3) is 0 Å². The minimum absolute atomic E-state index is 0.448. The summed E-state index contributed by atoms with van der Waals surface area (Å²) in [4.78, 5) is 6.63. The first-order chi connectivity index (χ1) is 8.33. The van der Waals surface area contributed by atoms with Crippen LogP contribution in [0, 0.1) is 6.92 Å². The van der Waals surface area contributed by atoms with Crippen molar-refractivity contribution in [2.24, 2.45) is 0 Å². The Hall–Kier alpha value is -1.09. The van der Waals surface area contributed by atoms with Crippen molar-refractivity contribution < 1.29 is 4.74 Å². The molecule has 1 aromatic heterocycles. The zero-order valence-electron chi connectivity index (χ0n) is 11.0. The van der Waals surface area contributed by atoms with Gasteiger partial charge in [0.25, 0.3) is 0 Å². The Morgan fingerprint density at radius 3 is 2.47 bits per heavy atom. The van der Waals surface area contributed by atoms with Gasteiger partial charge in [-0.1, -0.05) is 13.8 Å². The Kier molecular flexibility index (Phi) is 4.00. The molecule has 94 valence electrons. The Labute approximate surface area is 104 Å². The minimum Gasteiger partial charge on any atom is -0.371 e. The summed E-state index contributed by atoms with van der Waals surface area (Å²) in [5.41, 5.74) is 2.59. The predicted octanol–water partition coefficient (Wildman–Crippen LogP) is 2.78. The number of aromatic nitrogens is 1. The zero-order valence-corrected chi connectivity index (χ0v) is 11.0. The first-order valence-electron chi connectivity index (χ1n) is 6.64. The van der Waals surface area contributed by atoms with Crippen LogP contribution < -0.4 is 4.90 Å². The van der Waals surface area contributed by atoms with Crippen LogP contribution >= 0.6 is 0 Å². The lowest BCUT2D eigenvalue weighted by atomic mass is 10.2. The number of morpholine rings is 1. The quantitative estimate of drug-likeness (QED) is 0.747. The van der Waals surface area contributed by atoms with E-state index in [1.807, 2.05) is 26.2 Å². The molecule has 0 amide bonds. The molecule has 2 aliphatic heterocycles. The number of pyridine rings is 1. The van der Waals surface area contributed by atoms with E-state index in [0.29, 0.717) is 12.2 Å². The van der Waals surface area contributed by atoms with E-state index in [4.69, 9.17) is 4.74 Å². The van der Waals surface area contributed by atoms with E-state index in [0.717, 1.165) is 13.1 Å². The van der Waals surface area contributed by atoms with E-state index in [9.17, 15) is 0 Å². The van der Waals surface area contributed by atoms with Gasteiger partial charge in [-0.15, -0.1) is 0 Å². The summed E-state index contributed by atoms with van der Waals surface area (Å²) < 4.78 is 5.83. The SMILES string of the molecule is CC.Cc1ccncc1N1CC2CCC(C1)O2.